The van der Waals surface area contributed by atoms with E-state index in [0.717, 1.165) is 39.1 Å². The van der Waals surface area contributed by atoms with Gasteiger partial charge in [-0.3, -0.25) is 15.0 Å². The minimum Gasteiger partial charge on any atom is -0.593 e. The Labute approximate surface area is 155 Å². The SMILES string of the molecule is N[S+]([O-])c1ccc(NCC2CN(C3CCOCC3)CCO2)c([N+](=O)[O-])c1. The van der Waals surface area contributed by atoms with Crippen LogP contribution >= 0.6 is 0 Å². The average molecular weight is 384 g/mol. The van der Waals surface area contributed by atoms with Gasteiger partial charge in [-0.2, -0.15) is 0 Å². The topological polar surface area (TPSA) is 126 Å². The lowest BCUT2D eigenvalue weighted by atomic mass is 10.1. The number of nitrogens with one attached hydrogen (secondary N) is 1. The van der Waals surface area contributed by atoms with Crippen LogP contribution in [0.1, 0.15) is 12.8 Å². The molecule has 0 amide bonds. The summed E-state index contributed by atoms with van der Waals surface area (Å²) in [7, 11) is 0. The van der Waals surface area contributed by atoms with Crippen molar-refractivity contribution in [3.63, 3.8) is 0 Å². The Bertz CT molecular complexity index is 627. The Morgan fingerprint density at radius 1 is 1.35 bits per heavy atom. The molecule has 3 rings (SSSR count). The molecule has 1 aromatic carbocycles. The van der Waals surface area contributed by atoms with E-state index in [1.807, 2.05) is 0 Å². The minimum atomic E-state index is -1.75. The van der Waals surface area contributed by atoms with E-state index in [-0.39, 0.29) is 16.7 Å². The minimum absolute atomic E-state index is 0.0467. The number of benzene rings is 1. The number of hydrogen-bond donors (Lipinski definition) is 2. The summed E-state index contributed by atoms with van der Waals surface area (Å²) >= 11 is -1.75. The van der Waals surface area contributed by atoms with Gasteiger partial charge in [0.15, 0.2) is 4.90 Å². The molecule has 2 atom stereocenters. The number of anilines is 1. The molecule has 0 bridgehead atoms. The maximum Gasteiger partial charge on any atom is 0.297 e. The fraction of sp³-hybridized carbons (Fsp3) is 0.625. The third-order valence-corrected chi connectivity index (χ3v) is 5.51. The summed E-state index contributed by atoms with van der Waals surface area (Å²) in [6.45, 7) is 4.40. The monoisotopic (exact) mass is 384 g/mol. The lowest BCUT2D eigenvalue weighted by Gasteiger charge is -2.39. The van der Waals surface area contributed by atoms with E-state index in [2.05, 4.69) is 10.2 Å². The molecule has 2 fully saturated rings. The maximum atomic E-state index is 11.3. The summed E-state index contributed by atoms with van der Waals surface area (Å²) in [6.07, 6.45) is 2.02. The summed E-state index contributed by atoms with van der Waals surface area (Å²) < 4.78 is 22.6. The lowest BCUT2D eigenvalue weighted by molar-refractivity contribution is -0.384. The van der Waals surface area contributed by atoms with Crippen molar-refractivity contribution in [2.45, 2.75) is 29.9 Å². The predicted octanol–water partition coefficient (Wildman–Crippen LogP) is 0.868. The maximum absolute atomic E-state index is 11.3. The molecule has 26 heavy (non-hydrogen) atoms. The second kappa shape index (κ2) is 8.98. The fourth-order valence-electron chi connectivity index (χ4n) is 3.41. The summed E-state index contributed by atoms with van der Waals surface area (Å²) in [4.78, 5) is 13.4. The standard InChI is InChI=1S/C16H24N4O5S/c17-26(23)14-1-2-15(16(9-14)20(21)22)18-10-13-11-19(5-8-25-13)12-3-6-24-7-4-12/h1-2,9,12-13,18H,3-8,10-11,17H2. The summed E-state index contributed by atoms with van der Waals surface area (Å²) in [5.74, 6) is 0. The third-order valence-electron chi connectivity index (χ3n) is 4.80. The predicted molar refractivity (Wildman–Crippen MR) is 97.3 cm³/mol. The highest BCUT2D eigenvalue weighted by Crippen LogP contribution is 2.27. The van der Waals surface area contributed by atoms with E-state index in [1.54, 1.807) is 0 Å². The number of morpholine rings is 1. The quantitative estimate of drug-likeness (QED) is 0.420. The Balaban J connectivity index is 1.60. The van der Waals surface area contributed by atoms with Gasteiger partial charge in [0.2, 0.25) is 0 Å². The van der Waals surface area contributed by atoms with Crippen molar-refractivity contribution >= 4 is 22.7 Å². The first-order chi connectivity index (χ1) is 12.5. The van der Waals surface area contributed by atoms with Crippen molar-refractivity contribution in [3.8, 4) is 0 Å². The van der Waals surface area contributed by atoms with Crippen LogP contribution in [0.2, 0.25) is 0 Å². The summed E-state index contributed by atoms with van der Waals surface area (Å²) in [5, 5.41) is 19.7. The summed E-state index contributed by atoms with van der Waals surface area (Å²) in [5.41, 5.74) is 0.231. The number of hydrogen-bond acceptors (Lipinski definition) is 8. The molecule has 2 heterocycles. The first-order valence-corrected chi connectivity index (χ1v) is 9.88. The van der Waals surface area contributed by atoms with Crippen LogP contribution in [0.15, 0.2) is 23.1 Å². The van der Waals surface area contributed by atoms with Crippen LogP contribution in [-0.4, -0.2) is 66.0 Å². The Morgan fingerprint density at radius 3 is 2.81 bits per heavy atom. The average Bonchev–Trinajstić information content (AvgIpc) is 2.67. The fourth-order valence-corrected chi connectivity index (χ4v) is 3.84. The van der Waals surface area contributed by atoms with Crippen molar-refractivity contribution in [3.05, 3.63) is 28.3 Å². The van der Waals surface area contributed by atoms with Crippen LogP contribution in [0.25, 0.3) is 0 Å². The van der Waals surface area contributed by atoms with Crippen molar-refractivity contribution in [1.82, 2.24) is 4.90 Å². The first-order valence-electron chi connectivity index (χ1n) is 8.66. The molecule has 3 N–H and O–H groups in total. The normalized spacial score (nSPS) is 23.5. The van der Waals surface area contributed by atoms with Gasteiger partial charge in [0, 0.05) is 38.9 Å². The number of nitro groups is 1. The summed E-state index contributed by atoms with van der Waals surface area (Å²) in [6, 6.07) is 4.83. The molecule has 144 valence electrons. The van der Waals surface area contributed by atoms with Gasteiger partial charge in [0.25, 0.3) is 5.69 Å². The highest BCUT2D eigenvalue weighted by molar-refractivity contribution is 7.89. The van der Waals surface area contributed by atoms with Crippen molar-refractivity contribution in [2.24, 2.45) is 5.14 Å². The van der Waals surface area contributed by atoms with Crippen LogP contribution in [0.5, 0.6) is 0 Å². The van der Waals surface area contributed by atoms with Crippen LogP contribution in [-0.2, 0) is 20.8 Å². The molecular formula is C16H24N4O5S. The number of nitrogens with two attached hydrogens (primary N) is 1. The molecule has 2 unspecified atom stereocenters. The van der Waals surface area contributed by atoms with E-state index >= 15 is 0 Å². The molecule has 1 aromatic rings. The van der Waals surface area contributed by atoms with E-state index in [9.17, 15) is 14.7 Å². The van der Waals surface area contributed by atoms with E-state index in [4.69, 9.17) is 14.6 Å². The zero-order chi connectivity index (χ0) is 18.5. The van der Waals surface area contributed by atoms with Gasteiger partial charge >= 0.3 is 0 Å². The van der Waals surface area contributed by atoms with Crippen LogP contribution in [0.3, 0.4) is 0 Å². The van der Waals surface area contributed by atoms with E-state index in [0.29, 0.717) is 24.9 Å². The molecule has 0 radical (unpaired) electrons. The Hall–Kier alpha value is -1.43. The molecule has 10 heteroatoms. The number of nitro benzene ring substituents is 1. The molecule has 2 saturated heterocycles. The van der Waals surface area contributed by atoms with E-state index < -0.39 is 16.3 Å². The zero-order valence-electron chi connectivity index (χ0n) is 14.5. The van der Waals surface area contributed by atoms with Crippen LogP contribution < -0.4 is 10.5 Å². The van der Waals surface area contributed by atoms with Crippen LogP contribution in [0.4, 0.5) is 11.4 Å². The van der Waals surface area contributed by atoms with Gasteiger partial charge in [0.05, 0.1) is 35.1 Å². The van der Waals surface area contributed by atoms with Crippen molar-refractivity contribution in [1.29, 1.82) is 0 Å². The number of nitrogens with zero attached hydrogens (tertiary/aromatic N) is 2. The van der Waals surface area contributed by atoms with Gasteiger partial charge in [-0.1, -0.05) is 0 Å². The smallest absolute Gasteiger partial charge is 0.297 e. The molecule has 2 aliphatic rings. The van der Waals surface area contributed by atoms with Gasteiger partial charge in [-0.25, -0.2) is 0 Å². The van der Waals surface area contributed by atoms with Gasteiger partial charge in [-0.15, -0.1) is 5.14 Å². The lowest BCUT2D eigenvalue weighted by Crippen LogP contribution is -2.51. The van der Waals surface area contributed by atoms with Crippen molar-refractivity contribution in [2.75, 3.05) is 44.8 Å². The second-order valence-corrected chi connectivity index (χ2v) is 7.51. The Kier molecular flexibility index (Phi) is 6.68. The molecule has 9 nitrogen and oxygen atoms in total. The van der Waals surface area contributed by atoms with Crippen molar-refractivity contribution < 1.29 is 18.9 Å². The molecule has 0 aromatic heterocycles. The number of ether oxygens (including phenoxy) is 2. The first kappa shape index (κ1) is 19.3. The molecule has 0 saturated carbocycles. The van der Waals surface area contributed by atoms with Crippen LogP contribution in [0, 0.1) is 10.1 Å². The molecule has 0 aliphatic carbocycles. The largest absolute Gasteiger partial charge is 0.593 e. The number of rotatable bonds is 6. The Morgan fingerprint density at radius 2 is 2.12 bits per heavy atom. The van der Waals surface area contributed by atoms with Gasteiger partial charge in [0.1, 0.15) is 5.69 Å². The second-order valence-electron chi connectivity index (χ2n) is 6.45. The molecular weight excluding hydrogens is 360 g/mol. The van der Waals surface area contributed by atoms with E-state index in [1.165, 1.54) is 18.2 Å². The highest BCUT2D eigenvalue weighted by Gasteiger charge is 2.28. The molecule has 0 spiro atoms. The highest BCUT2D eigenvalue weighted by atomic mass is 32.2. The van der Waals surface area contributed by atoms with Gasteiger partial charge in [-0.05, 0) is 25.0 Å². The zero-order valence-corrected chi connectivity index (χ0v) is 15.3. The van der Waals surface area contributed by atoms with Gasteiger partial charge < -0.3 is 19.3 Å². The third kappa shape index (κ3) is 4.84. The molecule has 2 aliphatic heterocycles.